The summed E-state index contributed by atoms with van der Waals surface area (Å²) in [6, 6.07) is 15.3. The maximum atomic E-state index is 8.75. The smallest absolute Gasteiger partial charge is 0.141 e. The molecule has 0 N–H and O–H groups in total. The number of hydrogen-bond donors (Lipinski definition) is 0. The third-order valence-corrected chi connectivity index (χ3v) is 2.70. The van der Waals surface area contributed by atoms with Crippen molar-refractivity contribution in [3.8, 4) is 17.3 Å². The first-order chi connectivity index (χ1) is 7.31. The SMILES string of the molecule is N#Cc1cccc(-c2ccccc2Br)n1. The Balaban J connectivity index is 2.55. The van der Waals surface area contributed by atoms with Crippen LogP contribution in [0.1, 0.15) is 5.69 Å². The Bertz CT molecular complexity index is 529. The van der Waals surface area contributed by atoms with Crippen LogP contribution in [0.2, 0.25) is 0 Å². The van der Waals surface area contributed by atoms with Gasteiger partial charge in [-0.25, -0.2) is 4.98 Å². The van der Waals surface area contributed by atoms with Gasteiger partial charge in [0.2, 0.25) is 0 Å². The second kappa shape index (κ2) is 4.24. The van der Waals surface area contributed by atoms with Gasteiger partial charge in [0.25, 0.3) is 0 Å². The van der Waals surface area contributed by atoms with Crippen molar-refractivity contribution in [3.05, 3.63) is 52.6 Å². The Morgan fingerprint density at radius 2 is 1.87 bits per heavy atom. The first-order valence-corrected chi connectivity index (χ1v) is 5.22. The van der Waals surface area contributed by atoms with Crippen molar-refractivity contribution in [2.45, 2.75) is 0 Å². The fourth-order valence-corrected chi connectivity index (χ4v) is 1.80. The standard InChI is InChI=1S/C12H7BrN2/c13-11-6-2-1-5-10(11)12-7-3-4-9(8-14)15-12/h1-7H. The molecule has 2 nitrogen and oxygen atoms in total. The van der Waals surface area contributed by atoms with Crippen molar-refractivity contribution in [3.63, 3.8) is 0 Å². The minimum Gasteiger partial charge on any atom is -0.237 e. The van der Waals surface area contributed by atoms with Crippen LogP contribution >= 0.6 is 15.9 Å². The summed E-state index contributed by atoms with van der Waals surface area (Å²) in [4.78, 5) is 4.23. The minimum atomic E-state index is 0.434. The molecule has 0 aliphatic carbocycles. The largest absolute Gasteiger partial charge is 0.237 e. The predicted octanol–water partition coefficient (Wildman–Crippen LogP) is 3.38. The predicted molar refractivity (Wildman–Crippen MR) is 62.1 cm³/mol. The number of halogens is 1. The summed E-state index contributed by atoms with van der Waals surface area (Å²) in [5.74, 6) is 0. The van der Waals surface area contributed by atoms with Gasteiger partial charge in [-0.05, 0) is 18.2 Å². The fourth-order valence-electron chi connectivity index (χ4n) is 1.32. The van der Waals surface area contributed by atoms with E-state index in [1.165, 1.54) is 0 Å². The van der Waals surface area contributed by atoms with E-state index in [0.717, 1.165) is 15.7 Å². The van der Waals surface area contributed by atoms with Gasteiger partial charge in [0.15, 0.2) is 0 Å². The van der Waals surface area contributed by atoms with E-state index in [1.807, 2.05) is 42.5 Å². The van der Waals surface area contributed by atoms with Crippen LogP contribution in [0.25, 0.3) is 11.3 Å². The maximum Gasteiger partial charge on any atom is 0.141 e. The van der Waals surface area contributed by atoms with E-state index in [9.17, 15) is 0 Å². The van der Waals surface area contributed by atoms with Gasteiger partial charge in [0.1, 0.15) is 11.8 Å². The summed E-state index contributed by atoms with van der Waals surface area (Å²) in [6.07, 6.45) is 0. The Labute approximate surface area is 96.3 Å². The van der Waals surface area contributed by atoms with E-state index in [-0.39, 0.29) is 0 Å². The Kier molecular flexibility index (Phi) is 2.79. The second-order valence-corrected chi connectivity index (χ2v) is 3.85. The fraction of sp³-hybridized carbons (Fsp3) is 0. The highest BCUT2D eigenvalue weighted by Gasteiger charge is 2.03. The molecular formula is C12H7BrN2. The van der Waals surface area contributed by atoms with Crippen LogP contribution in [0.15, 0.2) is 46.9 Å². The van der Waals surface area contributed by atoms with Crippen molar-refractivity contribution >= 4 is 15.9 Å². The molecule has 2 aromatic rings. The van der Waals surface area contributed by atoms with E-state index >= 15 is 0 Å². The molecule has 0 saturated carbocycles. The van der Waals surface area contributed by atoms with Crippen LogP contribution in [-0.2, 0) is 0 Å². The number of rotatable bonds is 1. The lowest BCUT2D eigenvalue weighted by Gasteiger charge is -2.02. The monoisotopic (exact) mass is 258 g/mol. The lowest BCUT2D eigenvalue weighted by Crippen LogP contribution is -1.87. The van der Waals surface area contributed by atoms with Crippen molar-refractivity contribution in [2.75, 3.05) is 0 Å². The van der Waals surface area contributed by atoms with E-state index in [4.69, 9.17) is 5.26 Å². The Hall–Kier alpha value is -1.66. The van der Waals surface area contributed by atoms with Crippen LogP contribution in [0.4, 0.5) is 0 Å². The van der Waals surface area contributed by atoms with E-state index in [1.54, 1.807) is 6.07 Å². The lowest BCUT2D eigenvalue weighted by molar-refractivity contribution is 1.26. The molecular weight excluding hydrogens is 252 g/mol. The first-order valence-electron chi connectivity index (χ1n) is 4.43. The molecule has 72 valence electrons. The molecule has 0 aliphatic rings. The Morgan fingerprint density at radius 3 is 2.60 bits per heavy atom. The van der Waals surface area contributed by atoms with Crippen LogP contribution in [-0.4, -0.2) is 4.98 Å². The quantitative estimate of drug-likeness (QED) is 0.787. The van der Waals surface area contributed by atoms with Crippen molar-refractivity contribution < 1.29 is 0 Å². The first kappa shape index (κ1) is 9.88. The summed E-state index contributed by atoms with van der Waals surface area (Å²) >= 11 is 3.46. The van der Waals surface area contributed by atoms with Crippen LogP contribution in [0.5, 0.6) is 0 Å². The molecule has 1 aromatic carbocycles. The normalized spacial score (nSPS) is 9.60. The molecule has 3 heteroatoms. The van der Waals surface area contributed by atoms with Crippen LogP contribution < -0.4 is 0 Å². The van der Waals surface area contributed by atoms with E-state index in [0.29, 0.717) is 5.69 Å². The number of benzene rings is 1. The molecule has 0 fully saturated rings. The van der Waals surface area contributed by atoms with Gasteiger partial charge in [-0.1, -0.05) is 40.2 Å². The van der Waals surface area contributed by atoms with Gasteiger partial charge in [-0.3, -0.25) is 0 Å². The van der Waals surface area contributed by atoms with E-state index < -0.39 is 0 Å². The molecule has 1 heterocycles. The Morgan fingerprint density at radius 1 is 1.07 bits per heavy atom. The molecule has 0 saturated heterocycles. The van der Waals surface area contributed by atoms with Gasteiger partial charge >= 0.3 is 0 Å². The van der Waals surface area contributed by atoms with Crippen molar-refractivity contribution in [1.82, 2.24) is 4.98 Å². The molecule has 2 rings (SSSR count). The average Bonchev–Trinajstić information content (AvgIpc) is 2.30. The summed E-state index contributed by atoms with van der Waals surface area (Å²) in [7, 11) is 0. The number of aromatic nitrogens is 1. The highest BCUT2D eigenvalue weighted by Crippen LogP contribution is 2.26. The van der Waals surface area contributed by atoms with Gasteiger partial charge in [0.05, 0.1) is 5.69 Å². The highest BCUT2D eigenvalue weighted by atomic mass is 79.9. The molecule has 0 unspecified atom stereocenters. The van der Waals surface area contributed by atoms with Gasteiger partial charge in [0, 0.05) is 10.0 Å². The summed E-state index contributed by atoms with van der Waals surface area (Å²) in [5, 5.41) is 8.75. The minimum absolute atomic E-state index is 0.434. The third-order valence-electron chi connectivity index (χ3n) is 2.01. The molecule has 0 spiro atoms. The molecule has 1 aromatic heterocycles. The zero-order valence-corrected chi connectivity index (χ0v) is 9.40. The number of nitriles is 1. The van der Waals surface area contributed by atoms with Gasteiger partial charge in [-0.15, -0.1) is 0 Å². The van der Waals surface area contributed by atoms with Crippen LogP contribution in [0.3, 0.4) is 0 Å². The third kappa shape index (κ3) is 2.05. The topological polar surface area (TPSA) is 36.7 Å². The zero-order valence-electron chi connectivity index (χ0n) is 7.81. The molecule has 0 atom stereocenters. The molecule has 0 amide bonds. The second-order valence-electron chi connectivity index (χ2n) is 3.00. The maximum absolute atomic E-state index is 8.75. The molecule has 0 radical (unpaired) electrons. The zero-order chi connectivity index (χ0) is 10.7. The summed E-state index contributed by atoms with van der Waals surface area (Å²) in [6.45, 7) is 0. The van der Waals surface area contributed by atoms with Crippen molar-refractivity contribution in [1.29, 1.82) is 5.26 Å². The van der Waals surface area contributed by atoms with Crippen LogP contribution in [0, 0.1) is 11.3 Å². The lowest BCUT2D eigenvalue weighted by atomic mass is 10.1. The van der Waals surface area contributed by atoms with E-state index in [2.05, 4.69) is 20.9 Å². The number of pyridine rings is 1. The molecule has 0 aliphatic heterocycles. The summed E-state index contributed by atoms with van der Waals surface area (Å²) < 4.78 is 0.979. The molecule has 0 bridgehead atoms. The number of nitrogens with zero attached hydrogens (tertiary/aromatic N) is 2. The van der Waals surface area contributed by atoms with Crippen molar-refractivity contribution in [2.24, 2.45) is 0 Å². The molecule has 15 heavy (non-hydrogen) atoms. The highest BCUT2D eigenvalue weighted by molar-refractivity contribution is 9.10. The summed E-state index contributed by atoms with van der Waals surface area (Å²) in [5.41, 5.74) is 2.24. The average molecular weight is 259 g/mol. The van der Waals surface area contributed by atoms with Gasteiger partial charge < -0.3 is 0 Å². The van der Waals surface area contributed by atoms with Gasteiger partial charge in [-0.2, -0.15) is 5.26 Å². The number of hydrogen-bond acceptors (Lipinski definition) is 2.